The molecule has 0 saturated carbocycles. The van der Waals surface area contributed by atoms with E-state index in [4.69, 9.17) is 14.0 Å². The first-order valence-corrected chi connectivity index (χ1v) is 4.35. The molecule has 1 aromatic heterocycles. The standard InChI is InChI=1S/C10H10N2O3/c1-13-8-5-3-7(4-6-8)9-11-10(14-2)12-15-9/h3-6H,1-2H3. The fourth-order valence-corrected chi connectivity index (χ4v) is 1.14. The van der Waals surface area contributed by atoms with E-state index in [0.29, 0.717) is 5.89 Å². The highest BCUT2D eigenvalue weighted by atomic mass is 16.5. The lowest BCUT2D eigenvalue weighted by molar-refractivity contribution is 0.338. The maximum absolute atomic E-state index is 5.04. The van der Waals surface area contributed by atoms with Crippen molar-refractivity contribution in [3.63, 3.8) is 0 Å². The summed E-state index contributed by atoms with van der Waals surface area (Å²) in [5.41, 5.74) is 0.826. The van der Waals surface area contributed by atoms with Crippen LogP contribution in [0.1, 0.15) is 0 Å². The molecule has 78 valence electrons. The van der Waals surface area contributed by atoms with Crippen molar-refractivity contribution in [3.8, 4) is 23.2 Å². The lowest BCUT2D eigenvalue weighted by Crippen LogP contribution is -1.84. The maximum atomic E-state index is 5.04. The molecule has 0 bridgehead atoms. The monoisotopic (exact) mass is 206 g/mol. The lowest BCUT2D eigenvalue weighted by atomic mass is 10.2. The molecule has 0 saturated heterocycles. The minimum Gasteiger partial charge on any atom is -0.497 e. The molecular formula is C10H10N2O3. The average Bonchev–Trinajstić information content (AvgIpc) is 2.78. The molecule has 15 heavy (non-hydrogen) atoms. The minimum atomic E-state index is 0.223. The Kier molecular flexibility index (Phi) is 2.53. The Bertz CT molecular complexity index is 436. The largest absolute Gasteiger partial charge is 0.497 e. The van der Waals surface area contributed by atoms with Crippen LogP contribution >= 0.6 is 0 Å². The van der Waals surface area contributed by atoms with E-state index in [2.05, 4.69) is 10.1 Å². The summed E-state index contributed by atoms with van der Waals surface area (Å²) in [6, 6.07) is 7.55. The van der Waals surface area contributed by atoms with E-state index in [1.165, 1.54) is 7.11 Å². The third-order valence-corrected chi connectivity index (χ3v) is 1.93. The van der Waals surface area contributed by atoms with Crippen molar-refractivity contribution >= 4 is 0 Å². The van der Waals surface area contributed by atoms with Gasteiger partial charge < -0.3 is 14.0 Å². The van der Waals surface area contributed by atoms with Crippen molar-refractivity contribution in [2.75, 3.05) is 14.2 Å². The van der Waals surface area contributed by atoms with Crippen molar-refractivity contribution in [2.24, 2.45) is 0 Å². The molecule has 0 fully saturated rings. The molecule has 0 spiro atoms. The molecule has 0 unspecified atom stereocenters. The van der Waals surface area contributed by atoms with Crippen molar-refractivity contribution in [2.45, 2.75) is 0 Å². The Morgan fingerprint density at radius 2 is 1.80 bits per heavy atom. The summed E-state index contributed by atoms with van der Waals surface area (Å²) in [7, 11) is 3.10. The minimum absolute atomic E-state index is 0.223. The molecule has 5 heteroatoms. The summed E-state index contributed by atoms with van der Waals surface area (Å²) in [5, 5.41) is 3.61. The number of methoxy groups -OCH3 is 2. The third kappa shape index (κ3) is 1.90. The highest BCUT2D eigenvalue weighted by molar-refractivity contribution is 5.54. The molecule has 0 aliphatic carbocycles. The Labute approximate surface area is 86.6 Å². The van der Waals surface area contributed by atoms with Gasteiger partial charge in [-0.1, -0.05) is 0 Å². The van der Waals surface area contributed by atoms with Crippen LogP contribution in [0.25, 0.3) is 11.5 Å². The summed E-state index contributed by atoms with van der Waals surface area (Å²) in [6.45, 7) is 0. The van der Waals surface area contributed by atoms with Crippen LogP contribution in [0.5, 0.6) is 11.8 Å². The second-order valence-corrected chi connectivity index (χ2v) is 2.81. The molecule has 0 radical (unpaired) electrons. The number of ether oxygens (including phenoxy) is 2. The summed E-state index contributed by atoms with van der Waals surface area (Å²) >= 11 is 0. The van der Waals surface area contributed by atoms with E-state index in [9.17, 15) is 0 Å². The van der Waals surface area contributed by atoms with Gasteiger partial charge in [0.05, 0.1) is 14.2 Å². The average molecular weight is 206 g/mol. The van der Waals surface area contributed by atoms with Gasteiger partial charge in [0.15, 0.2) is 0 Å². The molecule has 1 heterocycles. The SMILES string of the molecule is COc1ccc(-c2nc(OC)no2)cc1. The summed E-state index contributed by atoms with van der Waals surface area (Å²) in [6.07, 6.45) is 0. The second-order valence-electron chi connectivity index (χ2n) is 2.81. The van der Waals surface area contributed by atoms with Crippen LogP contribution in [0.15, 0.2) is 28.8 Å². The van der Waals surface area contributed by atoms with Crippen molar-refractivity contribution in [1.82, 2.24) is 10.1 Å². The van der Waals surface area contributed by atoms with Crippen LogP contribution in [0.4, 0.5) is 0 Å². The van der Waals surface area contributed by atoms with Crippen LogP contribution in [0.3, 0.4) is 0 Å². The summed E-state index contributed by atoms with van der Waals surface area (Å²) in [4.78, 5) is 4.01. The molecule has 0 amide bonds. The molecule has 2 rings (SSSR count). The van der Waals surface area contributed by atoms with Crippen LogP contribution in [0.2, 0.25) is 0 Å². The predicted octanol–water partition coefficient (Wildman–Crippen LogP) is 1.75. The number of rotatable bonds is 3. The summed E-state index contributed by atoms with van der Waals surface area (Å²) in [5.74, 6) is 1.21. The Hall–Kier alpha value is -2.04. The van der Waals surface area contributed by atoms with Gasteiger partial charge in [-0.15, -0.1) is 0 Å². The Morgan fingerprint density at radius 3 is 2.33 bits per heavy atom. The van der Waals surface area contributed by atoms with Gasteiger partial charge in [0.2, 0.25) is 0 Å². The van der Waals surface area contributed by atoms with Gasteiger partial charge in [-0.25, -0.2) is 0 Å². The van der Waals surface area contributed by atoms with E-state index in [0.717, 1.165) is 11.3 Å². The van der Waals surface area contributed by atoms with Crippen LogP contribution in [-0.4, -0.2) is 24.4 Å². The Morgan fingerprint density at radius 1 is 1.07 bits per heavy atom. The van der Waals surface area contributed by atoms with Gasteiger partial charge >= 0.3 is 6.01 Å². The number of benzene rings is 1. The van der Waals surface area contributed by atoms with Crippen LogP contribution < -0.4 is 9.47 Å². The molecule has 1 aromatic carbocycles. The molecule has 0 N–H and O–H groups in total. The van der Waals surface area contributed by atoms with Gasteiger partial charge in [-0.05, 0) is 29.4 Å². The third-order valence-electron chi connectivity index (χ3n) is 1.93. The van der Waals surface area contributed by atoms with Crippen LogP contribution in [0, 0.1) is 0 Å². The maximum Gasteiger partial charge on any atom is 0.354 e. The molecule has 0 aliphatic heterocycles. The fraction of sp³-hybridized carbons (Fsp3) is 0.200. The normalized spacial score (nSPS) is 10.0. The van der Waals surface area contributed by atoms with Crippen LogP contribution in [-0.2, 0) is 0 Å². The number of aromatic nitrogens is 2. The predicted molar refractivity (Wildman–Crippen MR) is 52.8 cm³/mol. The molecular weight excluding hydrogens is 196 g/mol. The molecule has 0 aliphatic rings. The van der Waals surface area contributed by atoms with Gasteiger partial charge in [0.1, 0.15) is 5.75 Å². The number of hydrogen-bond acceptors (Lipinski definition) is 5. The van der Waals surface area contributed by atoms with E-state index in [-0.39, 0.29) is 6.01 Å². The first-order valence-electron chi connectivity index (χ1n) is 4.35. The zero-order chi connectivity index (χ0) is 10.7. The smallest absolute Gasteiger partial charge is 0.354 e. The van der Waals surface area contributed by atoms with E-state index in [1.54, 1.807) is 7.11 Å². The first kappa shape index (κ1) is 9.51. The molecule has 2 aromatic rings. The van der Waals surface area contributed by atoms with Gasteiger partial charge in [0, 0.05) is 5.56 Å². The lowest BCUT2D eigenvalue weighted by Gasteiger charge is -1.98. The zero-order valence-electron chi connectivity index (χ0n) is 8.43. The highest BCUT2D eigenvalue weighted by Crippen LogP contribution is 2.21. The topological polar surface area (TPSA) is 57.4 Å². The van der Waals surface area contributed by atoms with E-state index in [1.807, 2.05) is 24.3 Å². The summed E-state index contributed by atoms with van der Waals surface area (Å²) < 4.78 is 14.8. The van der Waals surface area contributed by atoms with Crippen molar-refractivity contribution in [3.05, 3.63) is 24.3 Å². The Balaban J connectivity index is 2.28. The molecule has 0 atom stereocenters. The quantitative estimate of drug-likeness (QED) is 0.765. The number of nitrogens with zero attached hydrogens (tertiary/aromatic N) is 2. The zero-order valence-corrected chi connectivity index (χ0v) is 8.43. The van der Waals surface area contributed by atoms with E-state index >= 15 is 0 Å². The van der Waals surface area contributed by atoms with Crippen molar-refractivity contribution < 1.29 is 14.0 Å². The van der Waals surface area contributed by atoms with Crippen molar-refractivity contribution in [1.29, 1.82) is 0 Å². The molecule has 5 nitrogen and oxygen atoms in total. The number of hydrogen-bond donors (Lipinski definition) is 0. The first-order chi connectivity index (χ1) is 7.33. The second kappa shape index (κ2) is 4.00. The van der Waals surface area contributed by atoms with Gasteiger partial charge in [0.25, 0.3) is 5.89 Å². The van der Waals surface area contributed by atoms with Gasteiger partial charge in [-0.2, -0.15) is 4.98 Å². The van der Waals surface area contributed by atoms with Gasteiger partial charge in [-0.3, -0.25) is 0 Å². The highest BCUT2D eigenvalue weighted by Gasteiger charge is 2.08. The van der Waals surface area contributed by atoms with E-state index < -0.39 is 0 Å². The fourth-order valence-electron chi connectivity index (χ4n) is 1.14.